The number of rotatable bonds is 6. The van der Waals surface area contributed by atoms with Gasteiger partial charge in [-0.25, -0.2) is 9.97 Å². The third kappa shape index (κ3) is 3.35. The molecule has 0 unspecified atom stereocenters. The number of benzene rings is 1. The molecule has 0 aliphatic carbocycles. The average Bonchev–Trinajstić information content (AvgIpc) is 3.26. The Morgan fingerprint density at radius 2 is 2.07 bits per heavy atom. The van der Waals surface area contributed by atoms with Gasteiger partial charge in [-0.1, -0.05) is 18.2 Å². The largest absolute Gasteiger partial charge is 0.486 e. The van der Waals surface area contributed by atoms with Crippen LogP contribution in [0, 0.1) is 0 Å². The van der Waals surface area contributed by atoms with E-state index in [-0.39, 0.29) is 6.61 Å². The first kappa shape index (κ1) is 16.7. The lowest BCUT2D eigenvalue weighted by Gasteiger charge is -2.12. The molecule has 0 saturated heterocycles. The molecule has 0 saturated carbocycles. The molecule has 3 aromatic heterocycles. The summed E-state index contributed by atoms with van der Waals surface area (Å²) >= 11 is 0. The topological polar surface area (TPSA) is 90.0 Å². The van der Waals surface area contributed by atoms with Crippen molar-refractivity contribution >= 4 is 17.2 Å². The fraction of sp³-hybridized carbons (Fsp3) is 0.100. The number of ether oxygens (including phenoxy) is 2. The molecule has 0 aliphatic rings. The lowest BCUT2D eigenvalue weighted by atomic mass is 10.1. The molecule has 4 rings (SSSR count). The fourth-order valence-electron chi connectivity index (χ4n) is 2.81. The van der Waals surface area contributed by atoms with E-state index in [0.29, 0.717) is 23.5 Å². The third-order valence-electron chi connectivity index (χ3n) is 4.15. The molecule has 134 valence electrons. The number of pyridine rings is 2. The van der Waals surface area contributed by atoms with Gasteiger partial charge in [-0.05, 0) is 18.2 Å². The second-order valence-corrected chi connectivity index (χ2v) is 5.83. The van der Waals surface area contributed by atoms with Crippen LogP contribution in [0.4, 0.5) is 0 Å². The minimum absolute atomic E-state index is 0.223. The molecule has 7 heteroatoms. The van der Waals surface area contributed by atoms with E-state index >= 15 is 0 Å². The van der Waals surface area contributed by atoms with Gasteiger partial charge < -0.3 is 9.47 Å². The van der Waals surface area contributed by atoms with Gasteiger partial charge in [0.25, 0.3) is 0 Å². The number of carbonyl (C=O) groups is 1. The summed E-state index contributed by atoms with van der Waals surface area (Å²) in [7, 11) is 1.49. The van der Waals surface area contributed by atoms with Gasteiger partial charge in [-0.15, -0.1) is 0 Å². The van der Waals surface area contributed by atoms with Crippen LogP contribution in [0.2, 0.25) is 0 Å². The summed E-state index contributed by atoms with van der Waals surface area (Å²) in [5.74, 6) is 0.740. The molecule has 7 nitrogen and oxygen atoms in total. The van der Waals surface area contributed by atoms with E-state index < -0.39 is 0 Å². The maximum Gasteiger partial charge on any atom is 0.213 e. The van der Waals surface area contributed by atoms with Crippen LogP contribution >= 0.6 is 0 Å². The van der Waals surface area contributed by atoms with E-state index in [1.807, 2.05) is 36.4 Å². The summed E-state index contributed by atoms with van der Waals surface area (Å²) in [6, 6.07) is 13.3. The highest BCUT2D eigenvalue weighted by Crippen LogP contribution is 2.27. The van der Waals surface area contributed by atoms with Gasteiger partial charge in [0.2, 0.25) is 5.88 Å². The Kier molecular flexibility index (Phi) is 4.49. The second kappa shape index (κ2) is 7.25. The minimum Gasteiger partial charge on any atom is -0.486 e. The predicted octanol–water partition coefficient (Wildman–Crippen LogP) is 3.42. The van der Waals surface area contributed by atoms with Crippen LogP contribution in [0.3, 0.4) is 0 Å². The van der Waals surface area contributed by atoms with Crippen molar-refractivity contribution in [1.82, 2.24) is 20.2 Å². The molecule has 0 aliphatic heterocycles. The number of aldehydes is 1. The van der Waals surface area contributed by atoms with Gasteiger partial charge in [0.15, 0.2) is 6.29 Å². The van der Waals surface area contributed by atoms with Crippen molar-refractivity contribution in [2.75, 3.05) is 7.11 Å². The number of para-hydroxylation sites is 1. The summed E-state index contributed by atoms with van der Waals surface area (Å²) in [4.78, 5) is 20.2. The van der Waals surface area contributed by atoms with Crippen LogP contribution in [0.25, 0.3) is 22.3 Å². The quantitative estimate of drug-likeness (QED) is 0.530. The van der Waals surface area contributed by atoms with Crippen LogP contribution in [0.1, 0.15) is 15.9 Å². The highest BCUT2D eigenvalue weighted by molar-refractivity contribution is 5.83. The van der Waals surface area contributed by atoms with E-state index in [1.54, 1.807) is 6.20 Å². The minimum atomic E-state index is 0.223. The molecule has 0 bridgehead atoms. The molecule has 1 aromatic carbocycles. The summed E-state index contributed by atoms with van der Waals surface area (Å²) in [5, 5.41) is 7.95. The van der Waals surface area contributed by atoms with Gasteiger partial charge in [-0.2, -0.15) is 5.10 Å². The Balaban J connectivity index is 1.71. The van der Waals surface area contributed by atoms with Crippen molar-refractivity contribution in [2.45, 2.75) is 6.61 Å². The van der Waals surface area contributed by atoms with Crippen LogP contribution in [-0.2, 0) is 6.61 Å². The summed E-state index contributed by atoms with van der Waals surface area (Å²) in [6.45, 7) is 0.223. The van der Waals surface area contributed by atoms with Gasteiger partial charge >= 0.3 is 0 Å². The zero-order valence-corrected chi connectivity index (χ0v) is 14.5. The maximum absolute atomic E-state index is 11.3. The van der Waals surface area contributed by atoms with E-state index in [9.17, 15) is 4.79 Å². The number of carbonyl (C=O) groups excluding carboxylic acids is 1. The highest BCUT2D eigenvalue weighted by Gasteiger charge is 2.13. The highest BCUT2D eigenvalue weighted by atomic mass is 16.5. The molecule has 27 heavy (non-hydrogen) atoms. The number of nitrogens with zero attached hydrogens (tertiary/aromatic N) is 3. The molecular formula is C20H16N4O3. The molecule has 3 heterocycles. The third-order valence-corrected chi connectivity index (χ3v) is 4.15. The molecule has 1 N–H and O–H groups in total. The number of hydrogen-bond acceptors (Lipinski definition) is 6. The monoisotopic (exact) mass is 360 g/mol. The predicted molar refractivity (Wildman–Crippen MR) is 99.8 cm³/mol. The SMILES string of the molecule is COc1cc(C=O)c(OCc2cc3ccccc3nc2-c2ccn[nH]2)cn1. The van der Waals surface area contributed by atoms with Crippen LogP contribution in [0.15, 0.2) is 54.9 Å². The Hall–Kier alpha value is -3.74. The molecule has 0 fully saturated rings. The first-order valence-corrected chi connectivity index (χ1v) is 8.29. The Morgan fingerprint density at radius 1 is 1.19 bits per heavy atom. The Bertz CT molecular complexity index is 1090. The average molecular weight is 360 g/mol. The van der Waals surface area contributed by atoms with Crippen molar-refractivity contribution in [1.29, 1.82) is 0 Å². The Morgan fingerprint density at radius 3 is 2.85 bits per heavy atom. The molecule has 0 amide bonds. The molecular weight excluding hydrogens is 344 g/mol. The smallest absolute Gasteiger partial charge is 0.213 e. The molecule has 0 spiro atoms. The first-order valence-electron chi connectivity index (χ1n) is 8.29. The van der Waals surface area contributed by atoms with E-state index in [0.717, 1.165) is 27.9 Å². The van der Waals surface area contributed by atoms with Crippen molar-refractivity contribution in [2.24, 2.45) is 0 Å². The molecule has 0 radical (unpaired) electrons. The van der Waals surface area contributed by atoms with Crippen LogP contribution in [-0.4, -0.2) is 33.6 Å². The van der Waals surface area contributed by atoms with Crippen LogP contribution in [0.5, 0.6) is 11.6 Å². The van der Waals surface area contributed by atoms with Crippen LogP contribution < -0.4 is 9.47 Å². The van der Waals surface area contributed by atoms with E-state index in [2.05, 4.69) is 15.2 Å². The zero-order chi connectivity index (χ0) is 18.6. The van der Waals surface area contributed by atoms with E-state index in [1.165, 1.54) is 19.4 Å². The van der Waals surface area contributed by atoms with Crippen molar-refractivity contribution in [3.8, 4) is 23.0 Å². The normalized spacial score (nSPS) is 10.7. The number of aromatic nitrogens is 4. The van der Waals surface area contributed by atoms with E-state index in [4.69, 9.17) is 14.5 Å². The van der Waals surface area contributed by atoms with Crippen molar-refractivity contribution < 1.29 is 14.3 Å². The number of H-pyrrole nitrogens is 1. The fourth-order valence-corrected chi connectivity index (χ4v) is 2.81. The second-order valence-electron chi connectivity index (χ2n) is 5.83. The number of hydrogen-bond donors (Lipinski definition) is 1. The standard InChI is InChI=1S/C20H16N4O3/c1-26-19-9-14(11-25)18(10-21-19)27-12-15-8-13-4-2-3-5-16(13)23-20(15)17-6-7-22-24-17/h2-11H,12H2,1H3,(H,22,24). The van der Waals surface area contributed by atoms with Crippen molar-refractivity contribution in [3.63, 3.8) is 0 Å². The number of nitrogens with one attached hydrogen (secondary N) is 1. The summed E-state index contributed by atoms with van der Waals surface area (Å²) in [5.41, 5.74) is 3.66. The first-order chi connectivity index (χ1) is 13.3. The van der Waals surface area contributed by atoms with Crippen molar-refractivity contribution in [3.05, 3.63) is 66.0 Å². The van der Waals surface area contributed by atoms with Gasteiger partial charge in [0.1, 0.15) is 12.4 Å². The summed E-state index contributed by atoms with van der Waals surface area (Å²) in [6.07, 6.45) is 3.87. The van der Waals surface area contributed by atoms with Gasteiger partial charge in [0, 0.05) is 23.2 Å². The zero-order valence-electron chi connectivity index (χ0n) is 14.5. The lowest BCUT2D eigenvalue weighted by molar-refractivity contribution is 0.111. The number of aromatic amines is 1. The number of fused-ring (bicyclic) bond motifs is 1. The molecule has 0 atom stereocenters. The Labute approximate surface area is 155 Å². The number of methoxy groups -OCH3 is 1. The van der Waals surface area contributed by atoms with Gasteiger partial charge in [0.05, 0.1) is 35.8 Å². The van der Waals surface area contributed by atoms with Gasteiger partial charge in [-0.3, -0.25) is 9.89 Å². The maximum atomic E-state index is 11.3. The lowest BCUT2D eigenvalue weighted by Crippen LogP contribution is -2.03. The molecule has 4 aromatic rings. The summed E-state index contributed by atoms with van der Waals surface area (Å²) < 4.78 is 10.9.